The van der Waals surface area contributed by atoms with Gasteiger partial charge in [0.1, 0.15) is 0 Å². The Bertz CT molecular complexity index is 1280. The molecule has 0 aliphatic heterocycles. The lowest BCUT2D eigenvalue weighted by Crippen LogP contribution is -2.16. The van der Waals surface area contributed by atoms with Crippen LogP contribution in [0.4, 0.5) is 5.69 Å². The van der Waals surface area contributed by atoms with Crippen molar-refractivity contribution in [3.8, 4) is 0 Å². The summed E-state index contributed by atoms with van der Waals surface area (Å²) in [4.78, 5) is 24.1. The quantitative estimate of drug-likeness (QED) is 0.532. The van der Waals surface area contributed by atoms with Crippen LogP contribution < -0.4 is 5.32 Å². The van der Waals surface area contributed by atoms with Gasteiger partial charge in [0, 0.05) is 13.2 Å². The van der Waals surface area contributed by atoms with Crippen LogP contribution in [0.1, 0.15) is 37.8 Å². The third-order valence-electron chi connectivity index (χ3n) is 5.10. The van der Waals surface area contributed by atoms with E-state index in [1.807, 2.05) is 36.7 Å². The van der Waals surface area contributed by atoms with E-state index in [2.05, 4.69) is 39.8 Å². The normalized spacial score (nSPS) is 11.0. The van der Waals surface area contributed by atoms with E-state index >= 15 is 0 Å². The van der Waals surface area contributed by atoms with E-state index < -0.39 is 11.9 Å². The molecule has 8 heteroatoms. The van der Waals surface area contributed by atoms with Gasteiger partial charge in [-0.2, -0.15) is 10.2 Å². The zero-order chi connectivity index (χ0) is 21.4. The van der Waals surface area contributed by atoms with Crippen LogP contribution in [-0.2, 0) is 13.6 Å². The average Bonchev–Trinajstić information content (AvgIpc) is 3.24. The lowest BCUT2D eigenvalue weighted by Gasteiger charge is -2.09. The fourth-order valence-corrected chi connectivity index (χ4v) is 3.62. The average molecular weight is 403 g/mol. The lowest BCUT2D eigenvalue weighted by molar-refractivity contribution is 0.0685. The van der Waals surface area contributed by atoms with Gasteiger partial charge in [-0.15, -0.1) is 0 Å². The maximum atomic E-state index is 12.7. The van der Waals surface area contributed by atoms with Gasteiger partial charge in [0.15, 0.2) is 5.69 Å². The second-order valence-corrected chi connectivity index (χ2v) is 7.17. The summed E-state index contributed by atoms with van der Waals surface area (Å²) in [6.45, 7) is 4.24. The summed E-state index contributed by atoms with van der Waals surface area (Å²) in [5, 5.41) is 22.8. The van der Waals surface area contributed by atoms with Crippen molar-refractivity contribution in [2.75, 3.05) is 5.32 Å². The van der Waals surface area contributed by atoms with Crippen molar-refractivity contribution >= 4 is 28.3 Å². The number of hydrogen-bond donors (Lipinski definition) is 2. The minimum absolute atomic E-state index is 0.00519. The summed E-state index contributed by atoms with van der Waals surface area (Å²) in [5.41, 5.74) is 2.85. The van der Waals surface area contributed by atoms with Crippen LogP contribution in [-0.4, -0.2) is 36.5 Å². The molecular formula is C22H21N5O3. The van der Waals surface area contributed by atoms with Crippen molar-refractivity contribution in [1.82, 2.24) is 19.6 Å². The van der Waals surface area contributed by atoms with Gasteiger partial charge in [0.2, 0.25) is 0 Å². The van der Waals surface area contributed by atoms with Crippen molar-refractivity contribution in [2.45, 2.75) is 20.4 Å². The number of carbonyl (C=O) groups excluding carboxylic acids is 1. The van der Waals surface area contributed by atoms with Crippen molar-refractivity contribution in [3.05, 3.63) is 76.9 Å². The molecule has 4 rings (SSSR count). The smallest absolute Gasteiger partial charge is 0.357 e. The highest BCUT2D eigenvalue weighted by Gasteiger charge is 2.23. The first-order valence-corrected chi connectivity index (χ1v) is 9.44. The number of aromatic carboxylic acids is 1. The van der Waals surface area contributed by atoms with Gasteiger partial charge in [0.05, 0.1) is 29.2 Å². The summed E-state index contributed by atoms with van der Waals surface area (Å²) in [6.07, 6.45) is 1.39. The standard InChI is InChI=1S/C22H21N5O3/c1-13-19(23-21(28)18-12-26(3)25-20(18)22(29)30)14(2)27(24-13)11-16-9-6-8-15-7-4-5-10-17(15)16/h4-10,12H,11H2,1-3H3,(H,23,28)(H,29,30). The molecule has 2 N–H and O–H groups in total. The maximum absolute atomic E-state index is 12.7. The number of carbonyl (C=O) groups is 2. The van der Waals surface area contributed by atoms with E-state index in [9.17, 15) is 14.7 Å². The first kappa shape index (κ1) is 19.4. The number of fused-ring (bicyclic) bond motifs is 1. The van der Waals surface area contributed by atoms with Crippen LogP contribution in [0, 0.1) is 13.8 Å². The summed E-state index contributed by atoms with van der Waals surface area (Å²) in [7, 11) is 1.57. The van der Waals surface area contributed by atoms with E-state index in [0.29, 0.717) is 17.9 Å². The molecule has 0 aliphatic carbocycles. The van der Waals surface area contributed by atoms with Crippen LogP contribution in [0.25, 0.3) is 10.8 Å². The van der Waals surface area contributed by atoms with Gasteiger partial charge in [-0.25, -0.2) is 4.79 Å². The Morgan fingerprint density at radius 1 is 1.07 bits per heavy atom. The monoisotopic (exact) mass is 403 g/mol. The molecule has 2 aromatic heterocycles. The largest absolute Gasteiger partial charge is 0.476 e. The van der Waals surface area contributed by atoms with Gasteiger partial charge in [-0.1, -0.05) is 42.5 Å². The Labute approximate surface area is 172 Å². The second kappa shape index (κ2) is 7.47. The molecule has 1 amide bonds. The summed E-state index contributed by atoms with van der Waals surface area (Å²) < 4.78 is 3.15. The van der Waals surface area contributed by atoms with E-state index in [4.69, 9.17) is 0 Å². The van der Waals surface area contributed by atoms with E-state index in [-0.39, 0.29) is 11.3 Å². The van der Waals surface area contributed by atoms with Crippen molar-refractivity contribution in [1.29, 1.82) is 0 Å². The Balaban J connectivity index is 1.64. The third kappa shape index (κ3) is 3.43. The predicted octanol–water partition coefficient (Wildman–Crippen LogP) is 3.39. The number of carboxylic acid groups (broad SMARTS) is 1. The van der Waals surface area contributed by atoms with E-state index in [1.54, 1.807) is 7.05 Å². The third-order valence-corrected chi connectivity index (χ3v) is 5.10. The van der Waals surface area contributed by atoms with Crippen LogP contribution in [0.5, 0.6) is 0 Å². The maximum Gasteiger partial charge on any atom is 0.357 e. The number of carboxylic acids is 1. The summed E-state index contributed by atoms with van der Waals surface area (Å²) in [5.74, 6) is -1.78. The number of amides is 1. The SMILES string of the molecule is Cc1nn(Cc2cccc3ccccc23)c(C)c1NC(=O)c1cn(C)nc1C(=O)O. The number of benzene rings is 2. The zero-order valence-electron chi connectivity index (χ0n) is 16.9. The van der Waals surface area contributed by atoms with Crippen molar-refractivity contribution in [3.63, 3.8) is 0 Å². The van der Waals surface area contributed by atoms with Gasteiger partial charge < -0.3 is 10.4 Å². The number of aromatic nitrogens is 4. The molecule has 0 bridgehead atoms. The summed E-state index contributed by atoms with van der Waals surface area (Å²) >= 11 is 0. The Morgan fingerprint density at radius 2 is 1.80 bits per heavy atom. The highest BCUT2D eigenvalue weighted by Crippen LogP contribution is 2.24. The topological polar surface area (TPSA) is 102 Å². The first-order valence-electron chi connectivity index (χ1n) is 9.44. The van der Waals surface area contributed by atoms with E-state index in [1.165, 1.54) is 10.9 Å². The summed E-state index contributed by atoms with van der Waals surface area (Å²) in [6, 6.07) is 14.3. The number of hydrogen-bond acceptors (Lipinski definition) is 4. The molecule has 2 aromatic carbocycles. The highest BCUT2D eigenvalue weighted by molar-refractivity contribution is 6.10. The van der Waals surface area contributed by atoms with Gasteiger partial charge in [-0.05, 0) is 30.2 Å². The molecule has 4 aromatic rings. The number of anilines is 1. The molecule has 0 saturated carbocycles. The molecule has 0 aliphatic rings. The molecule has 0 saturated heterocycles. The fourth-order valence-electron chi connectivity index (χ4n) is 3.62. The highest BCUT2D eigenvalue weighted by atomic mass is 16.4. The molecule has 152 valence electrons. The molecule has 0 radical (unpaired) electrons. The van der Waals surface area contributed by atoms with Crippen LogP contribution in [0.15, 0.2) is 48.7 Å². The van der Waals surface area contributed by atoms with Crippen molar-refractivity contribution < 1.29 is 14.7 Å². The molecular weight excluding hydrogens is 382 g/mol. The molecule has 2 heterocycles. The first-order chi connectivity index (χ1) is 14.3. The van der Waals surface area contributed by atoms with Crippen LogP contribution in [0.3, 0.4) is 0 Å². The van der Waals surface area contributed by atoms with E-state index in [0.717, 1.165) is 22.0 Å². The van der Waals surface area contributed by atoms with Crippen LogP contribution >= 0.6 is 0 Å². The molecule has 0 fully saturated rings. The van der Waals surface area contributed by atoms with Gasteiger partial charge in [-0.3, -0.25) is 14.2 Å². The molecule has 30 heavy (non-hydrogen) atoms. The fraction of sp³-hybridized carbons (Fsp3) is 0.182. The van der Waals surface area contributed by atoms with Crippen molar-refractivity contribution in [2.24, 2.45) is 7.05 Å². The Hall–Kier alpha value is -3.94. The Kier molecular flexibility index (Phi) is 4.83. The minimum atomic E-state index is -1.25. The number of rotatable bonds is 5. The molecule has 0 unspecified atom stereocenters. The minimum Gasteiger partial charge on any atom is -0.476 e. The molecule has 0 spiro atoms. The van der Waals surface area contributed by atoms with Gasteiger partial charge >= 0.3 is 5.97 Å². The predicted molar refractivity (Wildman–Crippen MR) is 113 cm³/mol. The molecule has 8 nitrogen and oxygen atoms in total. The second-order valence-electron chi connectivity index (χ2n) is 7.17. The number of nitrogens with zero attached hydrogens (tertiary/aromatic N) is 4. The van der Waals surface area contributed by atoms with Crippen LogP contribution in [0.2, 0.25) is 0 Å². The lowest BCUT2D eigenvalue weighted by atomic mass is 10.0. The number of nitrogens with one attached hydrogen (secondary N) is 1. The zero-order valence-corrected chi connectivity index (χ0v) is 16.9. The Morgan fingerprint density at radius 3 is 2.57 bits per heavy atom. The number of aryl methyl sites for hydroxylation is 2. The molecule has 0 atom stereocenters. The van der Waals surface area contributed by atoms with Gasteiger partial charge in [0.25, 0.3) is 5.91 Å².